The fourth-order valence-corrected chi connectivity index (χ4v) is 0.273. The minimum Gasteiger partial charge on any atom is -0.382 e. The lowest BCUT2D eigenvalue weighted by Crippen LogP contribution is -2.04. The third-order valence-electron chi connectivity index (χ3n) is 0.598. The molecular formula is C5H11O3. The van der Waals surface area contributed by atoms with Crippen LogP contribution in [-0.2, 0) is 9.47 Å². The zero-order valence-electron chi connectivity index (χ0n) is 5.18. The molecule has 0 aromatic heterocycles. The quantitative estimate of drug-likeness (QED) is 0.548. The van der Waals surface area contributed by atoms with Gasteiger partial charge in [0.25, 0.3) is 0 Å². The van der Waals surface area contributed by atoms with Crippen LogP contribution in [0.15, 0.2) is 0 Å². The first-order chi connectivity index (χ1) is 3.77. The monoisotopic (exact) mass is 119 g/mol. The van der Waals surface area contributed by atoms with Crippen molar-refractivity contribution < 1.29 is 14.6 Å². The van der Waals surface area contributed by atoms with Gasteiger partial charge in [-0.2, -0.15) is 0 Å². The van der Waals surface area contributed by atoms with Gasteiger partial charge in [-0.1, -0.05) is 0 Å². The van der Waals surface area contributed by atoms with Crippen molar-refractivity contribution in [1.82, 2.24) is 0 Å². The maximum atomic E-state index is 8.42. The third-order valence-corrected chi connectivity index (χ3v) is 0.598. The fraction of sp³-hybridized carbons (Fsp3) is 0.800. The van der Waals surface area contributed by atoms with Gasteiger partial charge < -0.3 is 14.6 Å². The van der Waals surface area contributed by atoms with Gasteiger partial charge in [-0.15, -0.1) is 0 Å². The number of hydrogen-bond acceptors (Lipinski definition) is 3. The summed E-state index contributed by atoms with van der Waals surface area (Å²) < 4.78 is 9.27. The van der Waals surface area contributed by atoms with Gasteiger partial charge in [0.15, 0.2) is 0 Å². The summed E-state index contributed by atoms with van der Waals surface area (Å²) in [5, 5.41) is 8.42. The van der Waals surface area contributed by atoms with Crippen LogP contribution in [0.5, 0.6) is 0 Å². The van der Waals surface area contributed by atoms with E-state index in [2.05, 4.69) is 9.47 Å². The van der Waals surface area contributed by atoms with Crippen LogP contribution in [0.3, 0.4) is 0 Å². The highest BCUT2D eigenvalue weighted by Crippen LogP contribution is 1.90. The maximum absolute atomic E-state index is 8.42. The number of ether oxygens (including phenoxy) is 2. The van der Waals surface area contributed by atoms with E-state index in [1.54, 1.807) is 7.11 Å². The van der Waals surface area contributed by atoms with Crippen LogP contribution in [0.4, 0.5) is 0 Å². The van der Waals surface area contributed by atoms with E-state index in [0.29, 0.717) is 13.2 Å². The van der Waals surface area contributed by atoms with Gasteiger partial charge in [0.2, 0.25) is 6.29 Å². The van der Waals surface area contributed by atoms with Crippen LogP contribution in [0.2, 0.25) is 0 Å². The van der Waals surface area contributed by atoms with E-state index in [4.69, 9.17) is 5.11 Å². The molecule has 3 nitrogen and oxygen atoms in total. The molecule has 3 heteroatoms. The van der Waals surface area contributed by atoms with E-state index >= 15 is 0 Å². The van der Waals surface area contributed by atoms with E-state index in [1.807, 2.05) is 0 Å². The summed E-state index contributed by atoms with van der Waals surface area (Å²) in [5.41, 5.74) is 0. The lowest BCUT2D eigenvalue weighted by molar-refractivity contribution is -0.00795. The first-order valence-corrected chi connectivity index (χ1v) is 2.41. The molecule has 0 saturated heterocycles. The Morgan fingerprint density at radius 2 is 2.12 bits per heavy atom. The van der Waals surface area contributed by atoms with Crippen molar-refractivity contribution in [3.63, 3.8) is 0 Å². The smallest absolute Gasteiger partial charge is 0.217 e. The molecule has 0 unspecified atom stereocenters. The average molecular weight is 119 g/mol. The Morgan fingerprint density at radius 3 is 2.50 bits per heavy atom. The molecule has 0 aliphatic heterocycles. The van der Waals surface area contributed by atoms with Crippen molar-refractivity contribution in [3.05, 3.63) is 6.29 Å². The molecule has 0 aliphatic carbocycles. The molecule has 0 fully saturated rings. The van der Waals surface area contributed by atoms with Crippen molar-refractivity contribution in [3.8, 4) is 0 Å². The minimum atomic E-state index is -0.0120. The summed E-state index contributed by atoms with van der Waals surface area (Å²) in [4.78, 5) is 0. The molecule has 0 spiro atoms. The van der Waals surface area contributed by atoms with Gasteiger partial charge in [0.1, 0.15) is 0 Å². The van der Waals surface area contributed by atoms with Gasteiger partial charge in [-0.25, -0.2) is 0 Å². The van der Waals surface area contributed by atoms with Crippen LogP contribution < -0.4 is 0 Å². The first-order valence-electron chi connectivity index (χ1n) is 2.41. The van der Waals surface area contributed by atoms with Crippen molar-refractivity contribution in [2.24, 2.45) is 0 Å². The predicted molar refractivity (Wildman–Crippen MR) is 28.7 cm³/mol. The van der Waals surface area contributed by atoms with Crippen molar-refractivity contribution >= 4 is 0 Å². The number of aliphatic hydroxyl groups excluding tert-OH is 1. The molecular weight excluding hydrogens is 108 g/mol. The summed E-state index contributed by atoms with van der Waals surface area (Å²) in [5.74, 6) is 0. The topological polar surface area (TPSA) is 38.7 Å². The van der Waals surface area contributed by atoms with Gasteiger partial charge in [-0.05, 0) is 6.92 Å². The Bertz CT molecular complexity index is 44.9. The molecule has 49 valence electrons. The van der Waals surface area contributed by atoms with E-state index < -0.39 is 0 Å². The van der Waals surface area contributed by atoms with E-state index in [9.17, 15) is 0 Å². The Kier molecular flexibility index (Phi) is 4.95. The Balaban J connectivity index is 2.72. The molecule has 0 saturated carbocycles. The second kappa shape index (κ2) is 5.03. The van der Waals surface area contributed by atoms with Gasteiger partial charge >= 0.3 is 0 Å². The zero-order chi connectivity index (χ0) is 6.41. The van der Waals surface area contributed by atoms with Crippen LogP contribution in [-0.4, -0.2) is 25.4 Å². The van der Waals surface area contributed by atoms with E-state index in [1.165, 1.54) is 6.92 Å². The van der Waals surface area contributed by atoms with Crippen molar-refractivity contribution in [2.75, 3.05) is 20.3 Å². The summed E-state index contributed by atoms with van der Waals surface area (Å²) >= 11 is 0. The SMILES string of the molecule is COCCO[C](C)O. The summed E-state index contributed by atoms with van der Waals surface area (Å²) in [7, 11) is 1.58. The molecule has 0 aromatic rings. The molecule has 1 N–H and O–H groups in total. The van der Waals surface area contributed by atoms with Gasteiger partial charge in [0.05, 0.1) is 13.2 Å². The largest absolute Gasteiger partial charge is 0.382 e. The Labute approximate surface area is 49.2 Å². The predicted octanol–water partition coefficient (Wildman–Crippen LogP) is 0.531. The second-order valence-electron chi connectivity index (χ2n) is 1.36. The molecule has 0 amide bonds. The summed E-state index contributed by atoms with van der Waals surface area (Å²) in [6.07, 6.45) is -0.0120. The fourth-order valence-electron chi connectivity index (χ4n) is 0.273. The number of methoxy groups -OCH3 is 1. The average Bonchev–Trinajstić information content (AvgIpc) is 1.66. The van der Waals surface area contributed by atoms with Crippen LogP contribution >= 0.6 is 0 Å². The van der Waals surface area contributed by atoms with E-state index in [0.717, 1.165) is 0 Å². The lowest BCUT2D eigenvalue weighted by Gasteiger charge is -2.02. The van der Waals surface area contributed by atoms with Gasteiger partial charge in [0, 0.05) is 7.11 Å². The molecule has 0 atom stereocenters. The second-order valence-corrected chi connectivity index (χ2v) is 1.36. The molecule has 0 rings (SSSR count). The number of aliphatic hydroxyl groups is 1. The van der Waals surface area contributed by atoms with Crippen molar-refractivity contribution in [2.45, 2.75) is 6.92 Å². The highest BCUT2D eigenvalue weighted by atomic mass is 16.6. The van der Waals surface area contributed by atoms with Crippen molar-refractivity contribution in [1.29, 1.82) is 0 Å². The lowest BCUT2D eigenvalue weighted by atomic mass is 10.7. The zero-order valence-corrected chi connectivity index (χ0v) is 5.18. The molecule has 1 radical (unpaired) electrons. The van der Waals surface area contributed by atoms with Crippen LogP contribution in [0, 0.1) is 6.29 Å². The molecule has 8 heavy (non-hydrogen) atoms. The molecule has 0 aliphatic rings. The summed E-state index contributed by atoms with van der Waals surface area (Å²) in [6.45, 7) is 2.41. The van der Waals surface area contributed by atoms with Crippen LogP contribution in [0.1, 0.15) is 6.92 Å². The molecule has 0 bridgehead atoms. The van der Waals surface area contributed by atoms with Gasteiger partial charge in [-0.3, -0.25) is 0 Å². The standard InChI is InChI=1S/C5H11O3/c1-5(6)8-4-3-7-2/h6H,3-4H2,1-2H3. The Morgan fingerprint density at radius 1 is 1.50 bits per heavy atom. The highest BCUT2D eigenvalue weighted by Gasteiger charge is 1.93. The maximum Gasteiger partial charge on any atom is 0.217 e. The third kappa shape index (κ3) is 5.88. The molecule has 0 aromatic carbocycles. The summed E-state index contributed by atoms with van der Waals surface area (Å²) in [6, 6.07) is 0. The molecule has 0 heterocycles. The normalized spacial score (nSPS) is 10.5. The highest BCUT2D eigenvalue weighted by molar-refractivity contribution is 4.46. The minimum absolute atomic E-state index is 0.0120. The number of hydrogen-bond donors (Lipinski definition) is 1. The Hall–Kier alpha value is -0.120. The number of rotatable bonds is 4. The van der Waals surface area contributed by atoms with Crippen LogP contribution in [0.25, 0.3) is 0 Å². The van der Waals surface area contributed by atoms with E-state index in [-0.39, 0.29) is 6.29 Å². The first kappa shape index (κ1) is 7.88.